The minimum Gasteiger partial charge on any atom is -0.480 e. The van der Waals surface area contributed by atoms with E-state index in [0.717, 1.165) is 0 Å². The summed E-state index contributed by atoms with van der Waals surface area (Å²) in [4.78, 5) is 63.7. The van der Waals surface area contributed by atoms with Gasteiger partial charge in [-0.2, -0.15) is 0 Å². The van der Waals surface area contributed by atoms with Gasteiger partial charge in [-0.1, -0.05) is 31.1 Å². The molecule has 1 aromatic heterocycles. The van der Waals surface area contributed by atoms with Crippen LogP contribution in [0.1, 0.15) is 61.3 Å². The lowest BCUT2D eigenvalue weighted by Gasteiger charge is -2.27. The van der Waals surface area contributed by atoms with Gasteiger partial charge < -0.3 is 30.9 Å². The number of carboxylic acids is 1. The number of benzene rings is 1. The van der Waals surface area contributed by atoms with E-state index in [9.17, 15) is 33.5 Å². The highest BCUT2D eigenvalue weighted by molar-refractivity contribution is 5.97. The van der Waals surface area contributed by atoms with Crippen molar-refractivity contribution in [2.24, 2.45) is 11.8 Å². The second kappa shape index (κ2) is 14.4. The smallest absolute Gasteiger partial charge is 0.326 e. The van der Waals surface area contributed by atoms with Crippen molar-refractivity contribution < 1.29 is 38.0 Å². The number of rotatable bonds is 13. The van der Waals surface area contributed by atoms with Gasteiger partial charge >= 0.3 is 5.97 Å². The third kappa shape index (κ3) is 9.40. The van der Waals surface area contributed by atoms with Gasteiger partial charge in [0, 0.05) is 24.9 Å². The summed E-state index contributed by atoms with van der Waals surface area (Å²) in [5.41, 5.74) is 0.497. The van der Waals surface area contributed by atoms with Crippen molar-refractivity contribution in [3.05, 3.63) is 53.2 Å². The topological polar surface area (TPSA) is 180 Å². The first kappa shape index (κ1) is 31.2. The van der Waals surface area contributed by atoms with Crippen LogP contribution in [-0.2, 0) is 25.6 Å². The standard InChI is InChI=1S/C28H36FN5O7/c1-15(2)11-20(25(36)33-23(28(39)40)14-18-5-4-10-30-24(18)35)31-26(37)21(13-17-6-8-19(29)9-7-17)32-27(38)22-12-16(3)41-34-22/h6-9,12,15,18,20-21,23H,4-5,10-11,13-14H2,1-3H3,(H,30,35)(H,31,37)(H,32,38)(H,33,36)(H,39,40)/t18-,20-,21-,23-/m0/s1. The average molecular weight is 574 g/mol. The highest BCUT2D eigenvalue weighted by Gasteiger charge is 2.33. The molecule has 0 aliphatic carbocycles. The average Bonchev–Trinajstić information content (AvgIpc) is 3.35. The normalized spacial score (nSPS) is 17.2. The number of hydrogen-bond donors (Lipinski definition) is 5. The zero-order valence-corrected chi connectivity index (χ0v) is 23.2. The number of halogens is 1. The molecular weight excluding hydrogens is 537 g/mol. The van der Waals surface area contributed by atoms with Gasteiger partial charge in [-0.3, -0.25) is 19.2 Å². The first-order valence-electron chi connectivity index (χ1n) is 13.5. The molecule has 3 rings (SSSR count). The number of nitrogens with zero attached hydrogens (tertiary/aromatic N) is 1. The van der Waals surface area contributed by atoms with Gasteiger partial charge in [-0.05, 0) is 56.2 Å². The maximum Gasteiger partial charge on any atom is 0.326 e. The number of carbonyl (C=O) groups is 5. The molecule has 0 bridgehead atoms. The number of carbonyl (C=O) groups excluding carboxylic acids is 4. The third-order valence-corrected chi connectivity index (χ3v) is 6.71. The van der Waals surface area contributed by atoms with Crippen LogP contribution >= 0.6 is 0 Å². The number of hydrogen-bond acceptors (Lipinski definition) is 7. The van der Waals surface area contributed by atoms with Crippen LogP contribution in [0.3, 0.4) is 0 Å². The van der Waals surface area contributed by atoms with Gasteiger partial charge in [0.15, 0.2) is 5.69 Å². The molecule has 1 saturated heterocycles. The largest absolute Gasteiger partial charge is 0.480 e. The molecule has 41 heavy (non-hydrogen) atoms. The molecule has 1 aromatic carbocycles. The fourth-order valence-electron chi connectivity index (χ4n) is 4.58. The highest BCUT2D eigenvalue weighted by Crippen LogP contribution is 2.18. The Hall–Kier alpha value is -4.29. The van der Waals surface area contributed by atoms with Crippen molar-refractivity contribution in [1.82, 2.24) is 26.4 Å². The summed E-state index contributed by atoms with van der Waals surface area (Å²) in [7, 11) is 0. The van der Waals surface area contributed by atoms with Crippen LogP contribution < -0.4 is 21.3 Å². The van der Waals surface area contributed by atoms with Gasteiger partial charge in [-0.25, -0.2) is 9.18 Å². The summed E-state index contributed by atoms with van der Waals surface area (Å²) < 4.78 is 18.4. The Morgan fingerprint density at radius 3 is 2.32 bits per heavy atom. The molecule has 0 unspecified atom stereocenters. The summed E-state index contributed by atoms with van der Waals surface area (Å²) >= 11 is 0. The molecule has 1 aliphatic heterocycles. The number of aliphatic carboxylic acids is 1. The Labute approximate surface area is 236 Å². The monoisotopic (exact) mass is 573 g/mol. The summed E-state index contributed by atoms with van der Waals surface area (Å²) in [6.45, 7) is 5.79. The van der Waals surface area contributed by atoms with E-state index in [1.807, 2.05) is 13.8 Å². The van der Waals surface area contributed by atoms with Crippen molar-refractivity contribution in [2.45, 2.75) is 71.0 Å². The molecule has 0 spiro atoms. The summed E-state index contributed by atoms with van der Waals surface area (Å²) in [6.07, 6.45) is 1.27. The van der Waals surface area contributed by atoms with Gasteiger partial charge in [0.25, 0.3) is 5.91 Å². The van der Waals surface area contributed by atoms with Crippen LogP contribution in [0.5, 0.6) is 0 Å². The van der Waals surface area contributed by atoms with Crippen LogP contribution in [-0.4, -0.2) is 64.5 Å². The predicted molar refractivity (Wildman–Crippen MR) is 144 cm³/mol. The molecule has 222 valence electrons. The molecule has 1 fully saturated rings. The van der Waals surface area contributed by atoms with Crippen molar-refractivity contribution in [2.75, 3.05) is 6.54 Å². The molecule has 4 atom stereocenters. The number of carboxylic acid groups (broad SMARTS) is 1. The Morgan fingerprint density at radius 2 is 1.73 bits per heavy atom. The van der Waals surface area contributed by atoms with Crippen molar-refractivity contribution in [3.8, 4) is 0 Å². The van der Waals surface area contributed by atoms with E-state index in [2.05, 4.69) is 26.4 Å². The predicted octanol–water partition coefficient (Wildman–Crippen LogP) is 1.48. The highest BCUT2D eigenvalue weighted by atomic mass is 19.1. The lowest BCUT2D eigenvalue weighted by molar-refractivity contribution is -0.143. The zero-order chi connectivity index (χ0) is 30.1. The first-order valence-corrected chi connectivity index (χ1v) is 13.5. The minimum atomic E-state index is -1.34. The number of aryl methyl sites for hydroxylation is 1. The van der Waals surface area contributed by atoms with E-state index in [1.165, 1.54) is 30.3 Å². The van der Waals surface area contributed by atoms with Gasteiger partial charge in [0.2, 0.25) is 17.7 Å². The van der Waals surface area contributed by atoms with Gasteiger partial charge in [0.05, 0.1) is 0 Å². The fourth-order valence-corrected chi connectivity index (χ4v) is 4.58. The Bertz CT molecular complexity index is 1250. The van der Waals surface area contributed by atoms with E-state index < -0.39 is 53.6 Å². The SMILES string of the molecule is Cc1cc(C(=O)N[C@@H](Cc2ccc(F)cc2)C(=O)N[C@@H](CC(C)C)C(=O)N[C@@H](C[C@@H]2CCCNC2=O)C(=O)O)no1. The zero-order valence-electron chi connectivity index (χ0n) is 23.2. The lowest BCUT2D eigenvalue weighted by atomic mass is 9.91. The number of aromatic nitrogens is 1. The molecule has 5 N–H and O–H groups in total. The molecular formula is C28H36FN5O7. The number of amides is 4. The van der Waals surface area contributed by atoms with Crippen LogP contribution in [0.2, 0.25) is 0 Å². The van der Waals surface area contributed by atoms with E-state index in [-0.39, 0.29) is 36.8 Å². The van der Waals surface area contributed by atoms with Crippen molar-refractivity contribution >= 4 is 29.6 Å². The number of piperidine rings is 1. The van der Waals surface area contributed by atoms with Crippen LogP contribution in [0.4, 0.5) is 4.39 Å². The minimum absolute atomic E-state index is 0.0285. The van der Waals surface area contributed by atoms with Gasteiger partial charge in [-0.15, -0.1) is 0 Å². The van der Waals surface area contributed by atoms with Crippen LogP contribution in [0.25, 0.3) is 0 Å². The van der Waals surface area contributed by atoms with E-state index in [4.69, 9.17) is 4.52 Å². The number of nitrogens with one attached hydrogen (secondary N) is 4. The molecule has 0 saturated carbocycles. The van der Waals surface area contributed by atoms with Crippen LogP contribution in [0, 0.1) is 24.6 Å². The summed E-state index contributed by atoms with van der Waals surface area (Å²) in [5, 5.41) is 23.8. The quantitative estimate of drug-likeness (QED) is 0.239. The molecule has 1 aliphatic rings. The second-order valence-corrected chi connectivity index (χ2v) is 10.6. The van der Waals surface area contributed by atoms with Gasteiger partial charge in [0.1, 0.15) is 29.7 Å². The lowest BCUT2D eigenvalue weighted by Crippen LogP contribution is -2.57. The Morgan fingerprint density at radius 1 is 1.07 bits per heavy atom. The molecule has 13 heteroatoms. The molecule has 12 nitrogen and oxygen atoms in total. The first-order chi connectivity index (χ1) is 19.4. The van der Waals surface area contributed by atoms with Crippen molar-refractivity contribution in [3.63, 3.8) is 0 Å². The molecule has 4 amide bonds. The summed E-state index contributed by atoms with van der Waals surface area (Å²) in [6, 6.07) is 3.13. The maximum atomic E-state index is 13.5. The van der Waals surface area contributed by atoms with Crippen molar-refractivity contribution in [1.29, 1.82) is 0 Å². The third-order valence-electron chi connectivity index (χ3n) is 6.71. The summed E-state index contributed by atoms with van der Waals surface area (Å²) in [5.74, 6) is -4.38. The Kier molecular flexibility index (Phi) is 11.0. The molecule has 0 radical (unpaired) electrons. The fraction of sp³-hybridized carbons (Fsp3) is 0.500. The molecule has 2 heterocycles. The van der Waals surface area contributed by atoms with E-state index >= 15 is 0 Å². The van der Waals surface area contributed by atoms with E-state index in [1.54, 1.807) is 6.92 Å². The van der Waals surface area contributed by atoms with E-state index in [0.29, 0.717) is 30.7 Å². The maximum absolute atomic E-state index is 13.5. The Balaban J connectivity index is 1.77. The van der Waals surface area contributed by atoms with Crippen LogP contribution in [0.15, 0.2) is 34.9 Å². The molecule has 2 aromatic rings. The second-order valence-electron chi connectivity index (χ2n) is 10.6.